The lowest BCUT2D eigenvalue weighted by Gasteiger charge is -2.41. The smallest absolute Gasteiger partial charge is 0.235 e. The van der Waals surface area contributed by atoms with Crippen molar-refractivity contribution in [2.75, 3.05) is 0 Å². The van der Waals surface area contributed by atoms with Crippen LogP contribution in [0.25, 0.3) is 0 Å². The molecule has 0 saturated carbocycles. The van der Waals surface area contributed by atoms with E-state index in [1.807, 2.05) is 45.1 Å². The number of carbonyl (C=O) groups is 2. The van der Waals surface area contributed by atoms with Crippen molar-refractivity contribution >= 4 is 11.8 Å². The predicted molar refractivity (Wildman–Crippen MR) is 77.4 cm³/mol. The van der Waals surface area contributed by atoms with Crippen LogP contribution < -0.4 is 0 Å². The van der Waals surface area contributed by atoms with Crippen molar-refractivity contribution in [3.63, 3.8) is 0 Å². The molecule has 1 atom stereocenters. The van der Waals surface area contributed by atoms with Crippen LogP contribution in [-0.4, -0.2) is 22.3 Å². The van der Waals surface area contributed by atoms with E-state index in [1.165, 1.54) is 4.90 Å². The molecule has 2 amide bonds. The minimum atomic E-state index is -0.730. The summed E-state index contributed by atoms with van der Waals surface area (Å²) in [5.41, 5.74) is -1.33. The quantitative estimate of drug-likeness (QED) is 0.731. The molecule has 0 fully saturated rings. The molecule has 0 unspecified atom stereocenters. The molecule has 0 aromatic carbocycles. The molecule has 0 aromatic heterocycles. The second-order valence-electron chi connectivity index (χ2n) is 5.82. The molecule has 19 heavy (non-hydrogen) atoms. The van der Waals surface area contributed by atoms with Crippen molar-refractivity contribution in [2.24, 2.45) is 5.41 Å². The van der Waals surface area contributed by atoms with Crippen LogP contribution in [0.3, 0.4) is 0 Å². The van der Waals surface area contributed by atoms with E-state index in [2.05, 4.69) is 6.58 Å². The van der Waals surface area contributed by atoms with E-state index >= 15 is 0 Å². The largest absolute Gasteiger partial charge is 0.274 e. The SMILES string of the molecule is C=C[C@@]1(N(C(=O)CC)C(=O)C(C)(C)C)C=CC=CC1. The third kappa shape index (κ3) is 3.03. The first-order valence-electron chi connectivity index (χ1n) is 6.64. The number of hydrogen-bond acceptors (Lipinski definition) is 2. The molecule has 0 radical (unpaired) electrons. The van der Waals surface area contributed by atoms with E-state index < -0.39 is 11.0 Å². The Balaban J connectivity index is 3.28. The lowest BCUT2D eigenvalue weighted by atomic mass is 9.85. The maximum Gasteiger partial charge on any atom is 0.235 e. The number of hydrogen-bond donors (Lipinski definition) is 0. The highest BCUT2D eigenvalue weighted by Crippen LogP contribution is 2.32. The molecule has 0 saturated heterocycles. The van der Waals surface area contributed by atoms with Crippen molar-refractivity contribution in [1.82, 2.24) is 4.90 Å². The first-order chi connectivity index (χ1) is 8.78. The summed E-state index contributed by atoms with van der Waals surface area (Å²) in [6.07, 6.45) is 10.2. The van der Waals surface area contributed by atoms with Gasteiger partial charge in [-0.15, -0.1) is 6.58 Å². The zero-order valence-corrected chi connectivity index (χ0v) is 12.3. The molecule has 0 aliphatic heterocycles. The Morgan fingerprint density at radius 1 is 1.37 bits per heavy atom. The number of rotatable bonds is 3. The minimum absolute atomic E-state index is 0.167. The summed E-state index contributed by atoms with van der Waals surface area (Å²) in [5, 5.41) is 0. The van der Waals surface area contributed by atoms with Crippen LogP contribution in [0.1, 0.15) is 40.5 Å². The number of amides is 2. The summed E-state index contributed by atoms with van der Waals surface area (Å²) in [4.78, 5) is 26.3. The van der Waals surface area contributed by atoms with Crippen molar-refractivity contribution < 1.29 is 9.59 Å². The van der Waals surface area contributed by atoms with Crippen LogP contribution in [-0.2, 0) is 9.59 Å². The Morgan fingerprint density at radius 2 is 2.00 bits per heavy atom. The van der Waals surface area contributed by atoms with Crippen molar-refractivity contribution in [3.8, 4) is 0 Å². The van der Waals surface area contributed by atoms with Gasteiger partial charge >= 0.3 is 0 Å². The van der Waals surface area contributed by atoms with Gasteiger partial charge in [0.25, 0.3) is 0 Å². The Bertz CT molecular complexity index is 440. The van der Waals surface area contributed by atoms with Crippen molar-refractivity contribution in [2.45, 2.75) is 46.1 Å². The molecule has 0 heterocycles. The van der Waals surface area contributed by atoms with E-state index in [1.54, 1.807) is 13.0 Å². The minimum Gasteiger partial charge on any atom is -0.274 e. The van der Waals surface area contributed by atoms with E-state index in [0.29, 0.717) is 12.8 Å². The second kappa shape index (κ2) is 5.55. The summed E-state index contributed by atoms with van der Waals surface area (Å²) in [6.45, 7) is 11.1. The fourth-order valence-corrected chi connectivity index (χ4v) is 2.06. The summed E-state index contributed by atoms with van der Waals surface area (Å²) < 4.78 is 0. The molecule has 0 N–H and O–H groups in total. The van der Waals surface area contributed by atoms with E-state index in [4.69, 9.17) is 0 Å². The molecule has 1 aliphatic carbocycles. The van der Waals surface area contributed by atoms with E-state index in [-0.39, 0.29) is 11.8 Å². The summed E-state index contributed by atoms with van der Waals surface area (Å²) in [7, 11) is 0. The summed E-state index contributed by atoms with van der Waals surface area (Å²) in [6, 6.07) is 0. The zero-order valence-electron chi connectivity index (χ0n) is 12.3. The third-order valence-electron chi connectivity index (χ3n) is 3.24. The van der Waals surface area contributed by atoms with Gasteiger partial charge in [-0.3, -0.25) is 14.5 Å². The Kier molecular flexibility index (Phi) is 4.51. The summed E-state index contributed by atoms with van der Waals surface area (Å²) >= 11 is 0. The first kappa shape index (κ1) is 15.4. The van der Waals surface area contributed by atoms with Crippen molar-refractivity contribution in [3.05, 3.63) is 37.0 Å². The van der Waals surface area contributed by atoms with Gasteiger partial charge in [0.1, 0.15) is 0 Å². The number of allylic oxidation sites excluding steroid dienone is 2. The number of imide groups is 1. The first-order valence-corrected chi connectivity index (χ1v) is 6.64. The highest BCUT2D eigenvalue weighted by molar-refractivity contribution is 5.99. The maximum atomic E-state index is 12.6. The van der Waals surface area contributed by atoms with Crippen LogP contribution in [0, 0.1) is 5.41 Å². The van der Waals surface area contributed by atoms with Gasteiger partial charge in [0, 0.05) is 11.8 Å². The van der Waals surface area contributed by atoms with Gasteiger partial charge in [0.15, 0.2) is 0 Å². The fraction of sp³-hybridized carbons (Fsp3) is 0.500. The van der Waals surface area contributed by atoms with Gasteiger partial charge in [-0.25, -0.2) is 0 Å². The highest BCUT2D eigenvalue weighted by atomic mass is 16.2. The topological polar surface area (TPSA) is 37.4 Å². The lowest BCUT2D eigenvalue weighted by molar-refractivity contribution is -0.154. The molecule has 1 rings (SSSR count). The van der Waals surface area contributed by atoms with E-state index in [9.17, 15) is 9.59 Å². The van der Waals surface area contributed by atoms with Gasteiger partial charge in [0.05, 0.1) is 5.54 Å². The number of carbonyl (C=O) groups excluding carboxylic acids is 2. The number of nitrogens with zero attached hydrogens (tertiary/aromatic N) is 1. The molecule has 104 valence electrons. The molecule has 1 aliphatic rings. The van der Waals surface area contributed by atoms with Gasteiger partial charge in [-0.05, 0) is 6.42 Å². The standard InChI is InChI=1S/C16H23NO2/c1-6-13(18)17(14(19)15(3,4)5)16(7-2)11-9-8-10-12-16/h7-11H,2,6,12H2,1,3-5H3/t16-/m1/s1. The normalized spacial score (nSPS) is 22.1. The summed E-state index contributed by atoms with van der Waals surface area (Å²) in [5.74, 6) is -0.334. The zero-order chi connectivity index (χ0) is 14.7. The molecule has 0 bridgehead atoms. The lowest BCUT2D eigenvalue weighted by Crippen LogP contribution is -2.55. The molecule has 0 spiro atoms. The Morgan fingerprint density at radius 3 is 2.37 bits per heavy atom. The van der Waals surface area contributed by atoms with Crippen LogP contribution >= 0.6 is 0 Å². The average molecular weight is 261 g/mol. The second-order valence-corrected chi connectivity index (χ2v) is 5.82. The van der Waals surface area contributed by atoms with Gasteiger partial charge < -0.3 is 0 Å². The third-order valence-corrected chi connectivity index (χ3v) is 3.24. The molecule has 3 heteroatoms. The Hall–Kier alpha value is -1.64. The molecule has 3 nitrogen and oxygen atoms in total. The van der Waals surface area contributed by atoms with Crippen LogP contribution in [0.2, 0.25) is 0 Å². The molecular weight excluding hydrogens is 238 g/mol. The van der Waals surface area contributed by atoms with Gasteiger partial charge in [0.2, 0.25) is 11.8 Å². The predicted octanol–water partition coefficient (Wildman–Crippen LogP) is 3.24. The van der Waals surface area contributed by atoms with Crippen LogP contribution in [0.5, 0.6) is 0 Å². The highest BCUT2D eigenvalue weighted by Gasteiger charge is 2.42. The monoisotopic (exact) mass is 261 g/mol. The van der Waals surface area contributed by atoms with E-state index in [0.717, 1.165) is 0 Å². The Labute approximate surface area is 115 Å². The average Bonchev–Trinajstić information content (AvgIpc) is 2.38. The van der Waals surface area contributed by atoms with Gasteiger partial charge in [-0.2, -0.15) is 0 Å². The fourth-order valence-electron chi connectivity index (χ4n) is 2.06. The van der Waals surface area contributed by atoms with Crippen LogP contribution in [0.15, 0.2) is 37.0 Å². The molecular formula is C16H23NO2. The van der Waals surface area contributed by atoms with Gasteiger partial charge in [-0.1, -0.05) is 58.1 Å². The van der Waals surface area contributed by atoms with Crippen molar-refractivity contribution in [1.29, 1.82) is 0 Å². The van der Waals surface area contributed by atoms with Crippen LogP contribution in [0.4, 0.5) is 0 Å². The maximum absolute atomic E-state index is 12.6. The molecule has 0 aromatic rings.